The lowest BCUT2D eigenvalue weighted by molar-refractivity contribution is -0.122. The third-order valence-electron chi connectivity index (χ3n) is 2.65. The lowest BCUT2D eigenvalue weighted by atomic mass is 10.1. The van der Waals surface area contributed by atoms with Crippen molar-refractivity contribution in [3.05, 3.63) is 53.9 Å². The van der Waals surface area contributed by atoms with E-state index in [2.05, 4.69) is 15.5 Å². The Kier molecular flexibility index (Phi) is 4.09. The monoisotopic (exact) mass is 244 g/mol. The zero-order valence-electron chi connectivity index (χ0n) is 9.97. The van der Waals surface area contributed by atoms with Crippen molar-refractivity contribution in [1.29, 1.82) is 0 Å². The van der Waals surface area contributed by atoms with Gasteiger partial charge in [0.05, 0.1) is 18.3 Å². The van der Waals surface area contributed by atoms with Crippen LogP contribution in [-0.2, 0) is 17.8 Å². The van der Waals surface area contributed by atoms with E-state index in [-0.39, 0.29) is 5.91 Å². The van der Waals surface area contributed by atoms with Gasteiger partial charge in [0, 0.05) is 6.20 Å². The van der Waals surface area contributed by atoms with Crippen LogP contribution in [0, 0.1) is 0 Å². The number of nitrogens with zero attached hydrogens (tertiary/aromatic N) is 1. The van der Waals surface area contributed by atoms with Crippen LogP contribution in [0.3, 0.4) is 0 Å². The third kappa shape index (κ3) is 3.43. The number of hydrogen-bond donors (Lipinski definition) is 3. The van der Waals surface area contributed by atoms with Crippen molar-refractivity contribution in [3.8, 4) is 0 Å². The zero-order valence-corrected chi connectivity index (χ0v) is 9.97. The molecule has 0 saturated carbocycles. The average Bonchev–Trinajstić information content (AvgIpc) is 2.90. The maximum absolute atomic E-state index is 11.8. The van der Waals surface area contributed by atoms with Crippen LogP contribution in [0.1, 0.15) is 11.3 Å². The van der Waals surface area contributed by atoms with Crippen LogP contribution < -0.4 is 11.1 Å². The maximum Gasteiger partial charge on any atom is 0.237 e. The molecule has 18 heavy (non-hydrogen) atoms. The van der Waals surface area contributed by atoms with E-state index in [4.69, 9.17) is 5.73 Å². The lowest BCUT2D eigenvalue weighted by Crippen LogP contribution is -2.41. The van der Waals surface area contributed by atoms with Gasteiger partial charge in [-0.25, -0.2) is 0 Å². The highest BCUT2D eigenvalue weighted by atomic mass is 16.2. The number of H-pyrrole nitrogens is 1. The largest absolute Gasteiger partial charge is 0.349 e. The van der Waals surface area contributed by atoms with Crippen molar-refractivity contribution in [2.45, 2.75) is 19.0 Å². The molecule has 0 spiro atoms. The van der Waals surface area contributed by atoms with Gasteiger partial charge in [-0.05, 0) is 18.1 Å². The lowest BCUT2D eigenvalue weighted by Gasteiger charge is -2.11. The van der Waals surface area contributed by atoms with Crippen LogP contribution in [0.5, 0.6) is 0 Å². The molecule has 1 heterocycles. The predicted molar refractivity (Wildman–Crippen MR) is 68.6 cm³/mol. The number of aromatic nitrogens is 2. The van der Waals surface area contributed by atoms with Gasteiger partial charge in [-0.3, -0.25) is 9.89 Å². The summed E-state index contributed by atoms with van der Waals surface area (Å²) in [6.45, 7) is 0.418. The molecule has 1 aromatic heterocycles. The average molecular weight is 244 g/mol. The number of rotatable bonds is 5. The number of carbonyl (C=O) groups excluding carboxylic acids is 1. The number of hydrogen-bond acceptors (Lipinski definition) is 3. The van der Waals surface area contributed by atoms with E-state index in [9.17, 15) is 4.79 Å². The van der Waals surface area contributed by atoms with E-state index < -0.39 is 6.04 Å². The van der Waals surface area contributed by atoms with E-state index >= 15 is 0 Å². The molecule has 0 saturated heterocycles. The summed E-state index contributed by atoms with van der Waals surface area (Å²) in [4.78, 5) is 11.8. The standard InChI is InChI=1S/C13H16N4O/c14-12(8-10-4-2-1-3-5-10)13(18)15-9-11-6-7-16-17-11/h1-7,12H,8-9,14H2,(H,15,18)(H,16,17)/t12-/m0/s1. The second kappa shape index (κ2) is 5.97. The van der Waals surface area contributed by atoms with Crippen molar-refractivity contribution in [2.75, 3.05) is 0 Å². The smallest absolute Gasteiger partial charge is 0.237 e. The molecule has 0 bridgehead atoms. The van der Waals surface area contributed by atoms with Crippen LogP contribution in [0.15, 0.2) is 42.6 Å². The minimum atomic E-state index is -0.532. The topological polar surface area (TPSA) is 83.8 Å². The summed E-state index contributed by atoms with van der Waals surface area (Å²) in [6, 6.07) is 11.0. The Morgan fingerprint density at radius 2 is 2.11 bits per heavy atom. The number of benzene rings is 1. The van der Waals surface area contributed by atoms with Crippen LogP contribution in [-0.4, -0.2) is 22.1 Å². The summed E-state index contributed by atoms with van der Waals surface area (Å²) >= 11 is 0. The summed E-state index contributed by atoms with van der Waals surface area (Å²) in [5.41, 5.74) is 7.76. The van der Waals surface area contributed by atoms with Gasteiger partial charge in [0.15, 0.2) is 0 Å². The summed E-state index contributed by atoms with van der Waals surface area (Å²) in [5.74, 6) is -0.159. The molecule has 0 aliphatic heterocycles. The van der Waals surface area contributed by atoms with Crippen LogP contribution in [0.25, 0.3) is 0 Å². The number of nitrogens with two attached hydrogens (primary N) is 1. The van der Waals surface area contributed by atoms with E-state index in [1.54, 1.807) is 6.20 Å². The van der Waals surface area contributed by atoms with Crippen molar-refractivity contribution in [3.63, 3.8) is 0 Å². The summed E-state index contributed by atoms with van der Waals surface area (Å²) in [7, 11) is 0. The molecule has 5 nitrogen and oxygen atoms in total. The van der Waals surface area contributed by atoms with E-state index in [1.807, 2.05) is 36.4 Å². The first-order chi connectivity index (χ1) is 8.75. The normalized spacial score (nSPS) is 12.1. The molecule has 0 radical (unpaired) electrons. The molecular formula is C13H16N4O. The second-order valence-electron chi connectivity index (χ2n) is 4.10. The van der Waals surface area contributed by atoms with Gasteiger partial charge >= 0.3 is 0 Å². The minimum absolute atomic E-state index is 0.159. The molecular weight excluding hydrogens is 228 g/mol. The SMILES string of the molecule is N[C@@H](Cc1ccccc1)C(=O)NCc1ccn[nH]1. The van der Waals surface area contributed by atoms with E-state index in [1.165, 1.54) is 0 Å². The van der Waals surface area contributed by atoms with Crippen LogP contribution in [0.4, 0.5) is 0 Å². The molecule has 1 aromatic carbocycles. The Morgan fingerprint density at radius 3 is 2.78 bits per heavy atom. The van der Waals surface area contributed by atoms with Crippen molar-refractivity contribution in [1.82, 2.24) is 15.5 Å². The summed E-state index contributed by atoms with van der Waals surface area (Å²) in [5, 5.41) is 9.35. The number of amides is 1. The van der Waals surface area contributed by atoms with Gasteiger partial charge in [-0.1, -0.05) is 30.3 Å². The Balaban J connectivity index is 1.82. The van der Waals surface area contributed by atoms with Crippen LogP contribution >= 0.6 is 0 Å². The Hall–Kier alpha value is -2.14. The fourth-order valence-electron chi connectivity index (χ4n) is 1.66. The quantitative estimate of drug-likeness (QED) is 0.720. The molecule has 94 valence electrons. The van der Waals surface area contributed by atoms with Gasteiger partial charge in [-0.15, -0.1) is 0 Å². The van der Waals surface area contributed by atoms with E-state index in [0.29, 0.717) is 13.0 Å². The third-order valence-corrected chi connectivity index (χ3v) is 2.65. The molecule has 2 aromatic rings. The number of aromatic amines is 1. The maximum atomic E-state index is 11.8. The molecule has 0 unspecified atom stereocenters. The van der Waals surface area contributed by atoms with Gasteiger partial charge in [0.2, 0.25) is 5.91 Å². The van der Waals surface area contributed by atoms with Crippen molar-refractivity contribution < 1.29 is 4.79 Å². The molecule has 2 rings (SSSR count). The fourth-order valence-corrected chi connectivity index (χ4v) is 1.66. The van der Waals surface area contributed by atoms with Gasteiger partial charge < -0.3 is 11.1 Å². The highest BCUT2D eigenvalue weighted by Crippen LogP contribution is 2.02. The molecule has 4 N–H and O–H groups in total. The second-order valence-corrected chi connectivity index (χ2v) is 4.10. The Labute approximate surface area is 105 Å². The van der Waals surface area contributed by atoms with E-state index in [0.717, 1.165) is 11.3 Å². The molecule has 0 aliphatic carbocycles. The Morgan fingerprint density at radius 1 is 1.33 bits per heavy atom. The van der Waals surface area contributed by atoms with Crippen LogP contribution in [0.2, 0.25) is 0 Å². The first-order valence-electron chi connectivity index (χ1n) is 5.81. The number of nitrogens with one attached hydrogen (secondary N) is 2. The highest BCUT2D eigenvalue weighted by Gasteiger charge is 2.13. The van der Waals surface area contributed by atoms with Gasteiger partial charge in [0.1, 0.15) is 0 Å². The van der Waals surface area contributed by atoms with Crippen molar-refractivity contribution in [2.24, 2.45) is 5.73 Å². The molecule has 1 atom stereocenters. The van der Waals surface area contributed by atoms with Gasteiger partial charge in [0.25, 0.3) is 0 Å². The van der Waals surface area contributed by atoms with Gasteiger partial charge in [-0.2, -0.15) is 5.10 Å². The molecule has 0 aliphatic rings. The van der Waals surface area contributed by atoms with Crippen molar-refractivity contribution >= 4 is 5.91 Å². The highest BCUT2D eigenvalue weighted by molar-refractivity contribution is 5.81. The number of carbonyl (C=O) groups is 1. The summed E-state index contributed by atoms with van der Waals surface area (Å²) in [6.07, 6.45) is 2.18. The molecule has 1 amide bonds. The minimum Gasteiger partial charge on any atom is -0.349 e. The Bertz CT molecular complexity index is 481. The first-order valence-corrected chi connectivity index (χ1v) is 5.81. The molecule has 0 fully saturated rings. The predicted octanol–water partition coefficient (Wildman–Crippen LogP) is 0.596. The first kappa shape index (κ1) is 12.3. The zero-order chi connectivity index (χ0) is 12.8. The fraction of sp³-hybridized carbons (Fsp3) is 0.231. The summed E-state index contributed by atoms with van der Waals surface area (Å²) < 4.78 is 0. The molecule has 5 heteroatoms.